The Balaban J connectivity index is 1.94. The van der Waals surface area contributed by atoms with Crippen LogP contribution in [0.2, 0.25) is 0 Å². The van der Waals surface area contributed by atoms with Crippen LogP contribution in [0.25, 0.3) is 11.0 Å². The van der Waals surface area contributed by atoms with Gasteiger partial charge < -0.3 is 14.3 Å². The van der Waals surface area contributed by atoms with Crippen molar-refractivity contribution in [2.24, 2.45) is 0 Å². The molecule has 1 aromatic carbocycles. The smallest absolute Gasteiger partial charge is 0.257 e. The molecule has 0 aliphatic heterocycles. The molecule has 3 rings (SSSR count). The van der Waals surface area contributed by atoms with Gasteiger partial charge >= 0.3 is 0 Å². The minimum Gasteiger partial charge on any atom is -0.491 e. The van der Waals surface area contributed by atoms with Crippen LogP contribution in [0, 0.1) is 11.6 Å². The molecule has 0 saturated heterocycles. The molecule has 2 aromatic heterocycles. The van der Waals surface area contributed by atoms with Gasteiger partial charge in [0.25, 0.3) is 5.88 Å². The molecule has 0 amide bonds. The summed E-state index contributed by atoms with van der Waals surface area (Å²) in [7, 11) is 2.95. The van der Waals surface area contributed by atoms with Crippen LogP contribution in [-0.2, 0) is 0 Å². The molecular formula is C16H13F2N3O3. The first-order valence-electron chi connectivity index (χ1n) is 6.87. The molecule has 6 nitrogen and oxygen atoms in total. The first kappa shape index (κ1) is 15.7. The molecule has 1 N–H and O–H groups in total. The minimum atomic E-state index is -0.717. The third kappa shape index (κ3) is 3.12. The highest BCUT2D eigenvalue weighted by Gasteiger charge is 2.13. The third-order valence-corrected chi connectivity index (χ3v) is 3.16. The van der Waals surface area contributed by atoms with E-state index in [-0.39, 0.29) is 11.6 Å². The summed E-state index contributed by atoms with van der Waals surface area (Å²) in [5.41, 5.74) is 3.52. The number of methoxy groups -OCH3 is 2. The molecule has 0 bridgehead atoms. The number of pyridine rings is 2. The summed E-state index contributed by atoms with van der Waals surface area (Å²) in [5.74, 6) is -0.435. The molecule has 0 fully saturated rings. The van der Waals surface area contributed by atoms with Crippen molar-refractivity contribution in [3.63, 3.8) is 0 Å². The van der Waals surface area contributed by atoms with Gasteiger partial charge in [0.15, 0.2) is 11.5 Å². The number of rotatable bonds is 5. The van der Waals surface area contributed by atoms with E-state index in [2.05, 4.69) is 15.4 Å². The summed E-state index contributed by atoms with van der Waals surface area (Å²) in [4.78, 5) is 13.9. The summed E-state index contributed by atoms with van der Waals surface area (Å²) in [5, 5.41) is 0. The van der Waals surface area contributed by atoms with Crippen molar-refractivity contribution >= 4 is 16.7 Å². The van der Waals surface area contributed by atoms with Crippen LogP contribution < -0.4 is 19.8 Å². The number of ether oxygens (including phenoxy) is 2. The van der Waals surface area contributed by atoms with Gasteiger partial charge in [0.2, 0.25) is 0 Å². The van der Waals surface area contributed by atoms with E-state index < -0.39 is 11.6 Å². The Bertz CT molecular complexity index is 870. The molecule has 0 atom stereocenters. The van der Waals surface area contributed by atoms with Crippen LogP contribution in [0.5, 0.6) is 17.4 Å². The largest absolute Gasteiger partial charge is 0.491 e. The fraction of sp³-hybridized carbons (Fsp3) is 0.125. The number of fused-ring (bicyclic) bond motifs is 1. The van der Waals surface area contributed by atoms with Gasteiger partial charge in [0.05, 0.1) is 25.4 Å². The summed E-state index contributed by atoms with van der Waals surface area (Å²) in [6.07, 6.45) is 1.51. The third-order valence-electron chi connectivity index (χ3n) is 3.16. The first-order valence-corrected chi connectivity index (χ1v) is 6.87. The van der Waals surface area contributed by atoms with Crippen molar-refractivity contribution in [1.82, 2.24) is 9.97 Å². The fourth-order valence-electron chi connectivity index (χ4n) is 2.11. The van der Waals surface area contributed by atoms with Gasteiger partial charge in [-0.15, -0.1) is 0 Å². The average molecular weight is 333 g/mol. The highest BCUT2D eigenvalue weighted by atomic mass is 19.1. The fourth-order valence-corrected chi connectivity index (χ4v) is 2.11. The number of halogens is 2. The highest BCUT2D eigenvalue weighted by molar-refractivity contribution is 5.83. The van der Waals surface area contributed by atoms with Gasteiger partial charge in [-0.3, -0.25) is 4.98 Å². The number of hydrogen-bond acceptors (Lipinski definition) is 6. The molecule has 0 spiro atoms. The summed E-state index contributed by atoms with van der Waals surface area (Å²) in [6, 6.07) is 6.18. The highest BCUT2D eigenvalue weighted by Crippen LogP contribution is 2.31. The summed E-state index contributed by atoms with van der Waals surface area (Å²) >= 11 is 0. The SMILES string of the molecule is COc1cc2nccc(ONc3cc(F)cc(F)c3)c2nc1OC. The van der Waals surface area contributed by atoms with Crippen LogP contribution in [0.4, 0.5) is 14.5 Å². The molecule has 124 valence electrons. The maximum absolute atomic E-state index is 13.2. The zero-order valence-electron chi connectivity index (χ0n) is 12.8. The molecule has 2 heterocycles. The molecule has 0 aliphatic rings. The van der Waals surface area contributed by atoms with E-state index in [0.717, 1.165) is 18.2 Å². The lowest BCUT2D eigenvalue weighted by Crippen LogP contribution is -2.06. The quantitative estimate of drug-likeness (QED) is 0.723. The normalized spacial score (nSPS) is 10.5. The van der Waals surface area contributed by atoms with Crippen molar-refractivity contribution in [3.8, 4) is 17.4 Å². The predicted molar refractivity (Wildman–Crippen MR) is 83.3 cm³/mol. The van der Waals surface area contributed by atoms with Gasteiger partial charge in [-0.05, 0) is 0 Å². The van der Waals surface area contributed by atoms with Crippen LogP contribution in [-0.4, -0.2) is 24.2 Å². The zero-order valence-corrected chi connectivity index (χ0v) is 12.8. The second-order valence-corrected chi connectivity index (χ2v) is 4.74. The van der Waals surface area contributed by atoms with E-state index in [0.29, 0.717) is 22.5 Å². The van der Waals surface area contributed by atoms with Gasteiger partial charge in [-0.1, -0.05) is 0 Å². The van der Waals surface area contributed by atoms with Crippen LogP contribution in [0.1, 0.15) is 0 Å². The van der Waals surface area contributed by atoms with Crippen molar-refractivity contribution in [1.29, 1.82) is 0 Å². The van der Waals surface area contributed by atoms with Crippen molar-refractivity contribution < 1.29 is 23.1 Å². The lowest BCUT2D eigenvalue weighted by Gasteiger charge is -2.12. The monoisotopic (exact) mass is 333 g/mol. The Kier molecular flexibility index (Phi) is 4.28. The molecule has 0 radical (unpaired) electrons. The van der Waals surface area contributed by atoms with E-state index in [1.807, 2.05) is 0 Å². The second-order valence-electron chi connectivity index (χ2n) is 4.74. The Morgan fingerprint density at radius 2 is 1.71 bits per heavy atom. The number of benzene rings is 1. The lowest BCUT2D eigenvalue weighted by atomic mass is 10.3. The van der Waals surface area contributed by atoms with Crippen LogP contribution in [0.3, 0.4) is 0 Å². The second kappa shape index (κ2) is 6.53. The number of hydrogen-bond donors (Lipinski definition) is 1. The maximum Gasteiger partial charge on any atom is 0.257 e. The standard InChI is InChI=1S/C16H13F2N3O3/c1-22-14-8-12-15(20-16(14)23-2)13(3-4-19-12)24-21-11-6-9(17)5-10(18)7-11/h3-8,21H,1-2H3. The molecule has 24 heavy (non-hydrogen) atoms. The maximum atomic E-state index is 13.2. The van der Waals surface area contributed by atoms with E-state index in [4.69, 9.17) is 14.3 Å². The van der Waals surface area contributed by atoms with Crippen LogP contribution >= 0.6 is 0 Å². The molecule has 8 heteroatoms. The molecular weight excluding hydrogens is 320 g/mol. The van der Waals surface area contributed by atoms with E-state index >= 15 is 0 Å². The Morgan fingerprint density at radius 1 is 0.958 bits per heavy atom. The topological polar surface area (TPSA) is 65.5 Å². The summed E-state index contributed by atoms with van der Waals surface area (Å²) < 4.78 is 36.7. The van der Waals surface area contributed by atoms with Crippen molar-refractivity contribution in [2.75, 3.05) is 19.7 Å². The number of aromatic nitrogens is 2. The molecule has 0 aliphatic carbocycles. The lowest BCUT2D eigenvalue weighted by molar-refractivity contribution is 0.344. The van der Waals surface area contributed by atoms with Crippen molar-refractivity contribution in [3.05, 3.63) is 48.2 Å². The Morgan fingerprint density at radius 3 is 2.38 bits per heavy atom. The Hall–Kier alpha value is -3.16. The van der Waals surface area contributed by atoms with Crippen molar-refractivity contribution in [2.45, 2.75) is 0 Å². The summed E-state index contributed by atoms with van der Waals surface area (Å²) in [6.45, 7) is 0. The predicted octanol–water partition coefficient (Wildman–Crippen LogP) is 3.33. The van der Waals surface area contributed by atoms with E-state index in [1.165, 1.54) is 20.4 Å². The van der Waals surface area contributed by atoms with E-state index in [1.54, 1.807) is 12.1 Å². The number of nitrogens with one attached hydrogen (secondary N) is 1. The molecule has 3 aromatic rings. The van der Waals surface area contributed by atoms with Gasteiger partial charge in [-0.25, -0.2) is 19.2 Å². The van der Waals surface area contributed by atoms with Gasteiger partial charge in [0.1, 0.15) is 17.2 Å². The number of nitrogens with zero attached hydrogens (tertiary/aromatic N) is 2. The van der Waals surface area contributed by atoms with E-state index in [9.17, 15) is 8.78 Å². The minimum absolute atomic E-state index is 0.123. The molecule has 0 unspecified atom stereocenters. The van der Waals surface area contributed by atoms with Gasteiger partial charge in [-0.2, -0.15) is 0 Å². The van der Waals surface area contributed by atoms with Crippen LogP contribution in [0.15, 0.2) is 36.5 Å². The Labute approximate surface area is 136 Å². The van der Waals surface area contributed by atoms with Gasteiger partial charge in [0, 0.05) is 36.5 Å². The zero-order chi connectivity index (χ0) is 17.1. The average Bonchev–Trinajstić information content (AvgIpc) is 2.57. The molecule has 0 saturated carbocycles. The first-order chi connectivity index (χ1) is 11.6. The number of anilines is 1.